The fraction of sp³-hybridized carbons (Fsp3) is 0.417. The Morgan fingerprint density at radius 1 is 1.47 bits per heavy atom. The van der Waals surface area contributed by atoms with Crippen LogP contribution in [0.25, 0.3) is 0 Å². The number of Topliss-reactive ketones (excluding diaryl/α,β-unsaturated/α-hetero) is 1. The van der Waals surface area contributed by atoms with Crippen molar-refractivity contribution in [1.29, 1.82) is 0 Å². The van der Waals surface area contributed by atoms with E-state index in [2.05, 4.69) is 0 Å². The molecule has 1 aromatic rings. The highest BCUT2D eigenvalue weighted by molar-refractivity contribution is 6.35. The first-order valence-electron chi connectivity index (χ1n) is 5.34. The number of ether oxygens (including phenoxy) is 2. The SMILES string of the molecule is O=C(COC1CCOC1)c1cc(Cl)ccc1Cl. The predicted octanol–water partition coefficient (Wildman–Crippen LogP) is 2.98. The maximum absolute atomic E-state index is 11.9. The van der Waals surface area contributed by atoms with E-state index in [1.165, 1.54) is 0 Å². The van der Waals surface area contributed by atoms with Crippen LogP contribution in [-0.2, 0) is 9.47 Å². The Morgan fingerprint density at radius 2 is 2.29 bits per heavy atom. The van der Waals surface area contributed by atoms with Crippen LogP contribution in [0.4, 0.5) is 0 Å². The quantitative estimate of drug-likeness (QED) is 0.792. The van der Waals surface area contributed by atoms with Gasteiger partial charge < -0.3 is 9.47 Å². The third kappa shape index (κ3) is 3.42. The van der Waals surface area contributed by atoms with Crippen molar-refractivity contribution in [3.63, 3.8) is 0 Å². The highest BCUT2D eigenvalue weighted by Gasteiger charge is 2.18. The van der Waals surface area contributed by atoms with Gasteiger partial charge in [-0.2, -0.15) is 0 Å². The second-order valence-corrected chi connectivity index (χ2v) is 4.69. The average Bonchev–Trinajstić information content (AvgIpc) is 2.82. The molecule has 5 heteroatoms. The Labute approximate surface area is 110 Å². The zero-order valence-corrected chi connectivity index (χ0v) is 10.6. The molecule has 0 spiro atoms. The molecule has 1 aromatic carbocycles. The molecule has 0 aromatic heterocycles. The molecule has 17 heavy (non-hydrogen) atoms. The lowest BCUT2D eigenvalue weighted by Gasteiger charge is -2.09. The number of carbonyl (C=O) groups is 1. The zero-order chi connectivity index (χ0) is 12.3. The van der Waals surface area contributed by atoms with Crippen molar-refractivity contribution in [2.75, 3.05) is 19.8 Å². The van der Waals surface area contributed by atoms with Crippen molar-refractivity contribution in [1.82, 2.24) is 0 Å². The highest BCUT2D eigenvalue weighted by atomic mass is 35.5. The highest BCUT2D eigenvalue weighted by Crippen LogP contribution is 2.21. The van der Waals surface area contributed by atoms with Crippen LogP contribution in [0, 0.1) is 0 Å². The molecule has 2 rings (SSSR count). The number of rotatable bonds is 4. The smallest absolute Gasteiger partial charge is 0.190 e. The molecule has 0 amide bonds. The first kappa shape index (κ1) is 12.8. The van der Waals surface area contributed by atoms with Crippen LogP contribution in [0.2, 0.25) is 10.0 Å². The molecule has 3 nitrogen and oxygen atoms in total. The van der Waals surface area contributed by atoms with Gasteiger partial charge in [0.2, 0.25) is 0 Å². The fourth-order valence-electron chi connectivity index (χ4n) is 1.63. The molecular weight excluding hydrogens is 263 g/mol. The third-order valence-electron chi connectivity index (χ3n) is 2.57. The third-order valence-corrected chi connectivity index (χ3v) is 3.13. The van der Waals surface area contributed by atoms with E-state index in [1.807, 2.05) is 0 Å². The molecule has 1 saturated heterocycles. The first-order chi connectivity index (χ1) is 8.16. The molecule has 0 N–H and O–H groups in total. The predicted molar refractivity (Wildman–Crippen MR) is 66.0 cm³/mol. The van der Waals surface area contributed by atoms with Gasteiger partial charge in [-0.25, -0.2) is 0 Å². The second kappa shape index (κ2) is 5.83. The molecule has 0 aliphatic carbocycles. The van der Waals surface area contributed by atoms with Gasteiger partial charge in [-0.3, -0.25) is 4.79 Å². The molecular formula is C12H12Cl2O3. The summed E-state index contributed by atoms with van der Waals surface area (Å²) in [6.07, 6.45) is 0.841. The summed E-state index contributed by atoms with van der Waals surface area (Å²) in [4.78, 5) is 11.9. The molecule has 0 saturated carbocycles. The summed E-state index contributed by atoms with van der Waals surface area (Å²) < 4.78 is 10.6. The Morgan fingerprint density at radius 3 is 3.00 bits per heavy atom. The van der Waals surface area contributed by atoms with Gasteiger partial charge in [0.25, 0.3) is 0 Å². The van der Waals surface area contributed by atoms with Crippen LogP contribution in [0.1, 0.15) is 16.8 Å². The topological polar surface area (TPSA) is 35.5 Å². The molecule has 1 aliphatic heterocycles. The zero-order valence-electron chi connectivity index (χ0n) is 9.12. The van der Waals surface area contributed by atoms with Crippen LogP contribution in [0.15, 0.2) is 18.2 Å². The molecule has 1 aliphatic rings. The van der Waals surface area contributed by atoms with E-state index in [4.69, 9.17) is 32.7 Å². The Bertz CT molecular complexity index is 414. The Kier molecular flexibility index (Phi) is 4.40. The van der Waals surface area contributed by atoms with Gasteiger partial charge in [-0.1, -0.05) is 23.2 Å². The largest absolute Gasteiger partial charge is 0.379 e. The Balaban J connectivity index is 1.96. The van der Waals surface area contributed by atoms with Gasteiger partial charge in [0.15, 0.2) is 5.78 Å². The van der Waals surface area contributed by atoms with Crippen molar-refractivity contribution in [3.05, 3.63) is 33.8 Å². The first-order valence-corrected chi connectivity index (χ1v) is 6.10. The Hall–Kier alpha value is -0.610. The van der Waals surface area contributed by atoms with E-state index in [0.717, 1.165) is 6.42 Å². The van der Waals surface area contributed by atoms with Crippen LogP contribution in [0.5, 0.6) is 0 Å². The monoisotopic (exact) mass is 274 g/mol. The van der Waals surface area contributed by atoms with Crippen LogP contribution < -0.4 is 0 Å². The van der Waals surface area contributed by atoms with E-state index in [1.54, 1.807) is 18.2 Å². The van der Waals surface area contributed by atoms with Gasteiger partial charge in [0.1, 0.15) is 6.61 Å². The molecule has 1 unspecified atom stereocenters. The molecule has 0 bridgehead atoms. The van der Waals surface area contributed by atoms with E-state index >= 15 is 0 Å². The van der Waals surface area contributed by atoms with E-state index in [-0.39, 0.29) is 18.5 Å². The molecule has 92 valence electrons. The number of hydrogen-bond donors (Lipinski definition) is 0. The van der Waals surface area contributed by atoms with Crippen molar-refractivity contribution < 1.29 is 14.3 Å². The number of benzene rings is 1. The minimum absolute atomic E-state index is 0.00802. The van der Waals surface area contributed by atoms with E-state index in [0.29, 0.717) is 28.8 Å². The second-order valence-electron chi connectivity index (χ2n) is 3.84. The summed E-state index contributed by atoms with van der Waals surface area (Å²) in [6, 6.07) is 4.81. The van der Waals surface area contributed by atoms with Gasteiger partial charge in [-0.05, 0) is 24.6 Å². The van der Waals surface area contributed by atoms with Gasteiger partial charge in [0, 0.05) is 17.2 Å². The lowest BCUT2D eigenvalue weighted by atomic mass is 10.1. The minimum Gasteiger partial charge on any atom is -0.379 e. The van der Waals surface area contributed by atoms with E-state index < -0.39 is 0 Å². The molecule has 1 fully saturated rings. The summed E-state index contributed by atoms with van der Waals surface area (Å²) in [5, 5.41) is 0.882. The summed E-state index contributed by atoms with van der Waals surface area (Å²) in [5.41, 5.74) is 0.401. The maximum Gasteiger partial charge on any atom is 0.190 e. The standard InChI is InChI=1S/C12H12Cl2O3/c13-8-1-2-11(14)10(5-8)12(15)7-17-9-3-4-16-6-9/h1-2,5,9H,3-4,6-7H2. The summed E-state index contributed by atoms with van der Waals surface area (Å²) >= 11 is 11.7. The number of ketones is 1. The van der Waals surface area contributed by atoms with Crippen LogP contribution >= 0.6 is 23.2 Å². The van der Waals surface area contributed by atoms with Gasteiger partial charge in [0.05, 0.1) is 17.7 Å². The number of halogens is 2. The summed E-state index contributed by atoms with van der Waals surface area (Å²) in [7, 11) is 0. The van der Waals surface area contributed by atoms with Crippen molar-refractivity contribution >= 4 is 29.0 Å². The summed E-state index contributed by atoms with van der Waals surface area (Å²) in [6.45, 7) is 1.25. The van der Waals surface area contributed by atoms with E-state index in [9.17, 15) is 4.79 Å². The average molecular weight is 275 g/mol. The number of carbonyl (C=O) groups excluding carboxylic acids is 1. The fourth-order valence-corrected chi connectivity index (χ4v) is 2.02. The van der Waals surface area contributed by atoms with Gasteiger partial charge >= 0.3 is 0 Å². The minimum atomic E-state index is -0.163. The lowest BCUT2D eigenvalue weighted by Crippen LogP contribution is -2.18. The normalized spacial score (nSPS) is 19.5. The summed E-state index contributed by atoms with van der Waals surface area (Å²) in [5.74, 6) is -0.163. The van der Waals surface area contributed by atoms with Crippen LogP contribution in [0.3, 0.4) is 0 Å². The maximum atomic E-state index is 11.9. The molecule has 1 heterocycles. The van der Waals surface area contributed by atoms with Crippen LogP contribution in [-0.4, -0.2) is 31.7 Å². The molecule has 1 atom stereocenters. The number of hydrogen-bond acceptors (Lipinski definition) is 3. The van der Waals surface area contributed by atoms with Crippen molar-refractivity contribution in [2.24, 2.45) is 0 Å². The molecule has 0 radical (unpaired) electrons. The van der Waals surface area contributed by atoms with Crippen molar-refractivity contribution in [3.8, 4) is 0 Å². The van der Waals surface area contributed by atoms with Gasteiger partial charge in [-0.15, -0.1) is 0 Å². The lowest BCUT2D eigenvalue weighted by molar-refractivity contribution is 0.0390. The van der Waals surface area contributed by atoms with Crippen molar-refractivity contribution in [2.45, 2.75) is 12.5 Å².